The second kappa shape index (κ2) is 8.87. The lowest BCUT2D eigenvalue weighted by atomic mass is 10.2. The van der Waals surface area contributed by atoms with Crippen LogP contribution in [-0.2, 0) is 6.54 Å². The van der Waals surface area contributed by atoms with Crippen LogP contribution in [0.2, 0.25) is 0 Å². The standard InChI is InChI=1S/C20H20N4O5/c1-12-9-18(24-29-12)23-20(26)15-6-4-5-14(22-15)19(25)21-11-13-7-8-16(27-2)17(10-13)28-3/h4-10H,11H2,1-3H3,(H,21,25)(H,23,24,26). The van der Waals surface area contributed by atoms with E-state index >= 15 is 0 Å². The fraction of sp³-hybridized carbons (Fsp3) is 0.200. The molecule has 0 aliphatic rings. The molecule has 0 spiro atoms. The molecule has 9 nitrogen and oxygen atoms in total. The van der Waals surface area contributed by atoms with Crippen molar-refractivity contribution in [3.8, 4) is 11.5 Å². The molecule has 2 heterocycles. The van der Waals surface area contributed by atoms with Gasteiger partial charge in [0.2, 0.25) is 0 Å². The van der Waals surface area contributed by atoms with Crippen LogP contribution in [0.25, 0.3) is 0 Å². The third-order valence-electron chi connectivity index (χ3n) is 3.98. The fourth-order valence-electron chi connectivity index (χ4n) is 2.56. The Balaban J connectivity index is 1.65. The number of pyridine rings is 1. The lowest BCUT2D eigenvalue weighted by Crippen LogP contribution is -2.25. The molecule has 0 unspecified atom stereocenters. The first-order valence-electron chi connectivity index (χ1n) is 8.71. The number of hydrogen-bond acceptors (Lipinski definition) is 7. The molecule has 0 aliphatic heterocycles. The number of methoxy groups -OCH3 is 2. The molecule has 1 aromatic carbocycles. The molecule has 150 valence electrons. The van der Waals surface area contributed by atoms with Crippen molar-refractivity contribution in [1.29, 1.82) is 0 Å². The highest BCUT2D eigenvalue weighted by Crippen LogP contribution is 2.27. The summed E-state index contributed by atoms with van der Waals surface area (Å²) in [4.78, 5) is 28.9. The van der Waals surface area contributed by atoms with E-state index in [9.17, 15) is 9.59 Å². The number of anilines is 1. The van der Waals surface area contributed by atoms with Crippen molar-refractivity contribution in [2.24, 2.45) is 0 Å². The number of carbonyl (C=O) groups is 2. The van der Waals surface area contributed by atoms with Crippen LogP contribution in [0.3, 0.4) is 0 Å². The van der Waals surface area contributed by atoms with E-state index in [2.05, 4.69) is 20.8 Å². The van der Waals surface area contributed by atoms with E-state index < -0.39 is 11.8 Å². The Morgan fingerprint density at radius 3 is 2.38 bits per heavy atom. The van der Waals surface area contributed by atoms with Crippen LogP contribution in [-0.4, -0.2) is 36.2 Å². The van der Waals surface area contributed by atoms with Gasteiger partial charge >= 0.3 is 0 Å². The van der Waals surface area contributed by atoms with Crippen LogP contribution in [0.1, 0.15) is 32.3 Å². The number of nitrogens with one attached hydrogen (secondary N) is 2. The molecule has 0 atom stereocenters. The van der Waals surface area contributed by atoms with Gasteiger partial charge in [0.05, 0.1) is 14.2 Å². The Kier molecular flexibility index (Phi) is 6.08. The minimum atomic E-state index is -0.493. The summed E-state index contributed by atoms with van der Waals surface area (Å²) in [6.07, 6.45) is 0. The summed E-state index contributed by atoms with van der Waals surface area (Å²) in [5, 5.41) is 9.02. The van der Waals surface area contributed by atoms with Gasteiger partial charge in [0, 0.05) is 12.6 Å². The number of rotatable bonds is 7. The van der Waals surface area contributed by atoms with Gasteiger partial charge in [-0.1, -0.05) is 17.3 Å². The van der Waals surface area contributed by atoms with E-state index in [-0.39, 0.29) is 23.8 Å². The van der Waals surface area contributed by atoms with E-state index in [1.807, 2.05) is 6.07 Å². The molecule has 0 aliphatic carbocycles. The summed E-state index contributed by atoms with van der Waals surface area (Å²) >= 11 is 0. The molecule has 0 radical (unpaired) electrons. The lowest BCUT2D eigenvalue weighted by molar-refractivity contribution is 0.0945. The molecule has 9 heteroatoms. The SMILES string of the molecule is COc1ccc(CNC(=O)c2cccc(C(=O)Nc3cc(C)on3)n2)cc1OC. The number of carbonyl (C=O) groups excluding carboxylic acids is 2. The van der Waals surface area contributed by atoms with Gasteiger partial charge in [0.1, 0.15) is 17.1 Å². The molecule has 3 rings (SSSR count). The largest absolute Gasteiger partial charge is 0.493 e. The fourth-order valence-corrected chi connectivity index (χ4v) is 2.56. The van der Waals surface area contributed by atoms with E-state index in [4.69, 9.17) is 14.0 Å². The van der Waals surface area contributed by atoms with Gasteiger partial charge in [-0.05, 0) is 36.8 Å². The molecule has 0 bridgehead atoms. The number of aryl methyl sites for hydroxylation is 1. The minimum absolute atomic E-state index is 0.0874. The average molecular weight is 396 g/mol. The second-order valence-electron chi connectivity index (χ2n) is 6.06. The van der Waals surface area contributed by atoms with Gasteiger partial charge in [0.25, 0.3) is 11.8 Å². The summed E-state index contributed by atoms with van der Waals surface area (Å²) in [6, 6.07) is 11.6. The average Bonchev–Trinajstić information content (AvgIpc) is 3.16. The van der Waals surface area contributed by atoms with Crippen LogP contribution in [0.5, 0.6) is 11.5 Å². The highest BCUT2D eigenvalue weighted by atomic mass is 16.5. The number of hydrogen-bond donors (Lipinski definition) is 2. The third-order valence-corrected chi connectivity index (χ3v) is 3.98. The van der Waals surface area contributed by atoms with Crippen molar-refractivity contribution in [1.82, 2.24) is 15.5 Å². The number of benzene rings is 1. The molecular weight excluding hydrogens is 376 g/mol. The van der Waals surface area contributed by atoms with Crippen LogP contribution in [0, 0.1) is 6.92 Å². The first-order chi connectivity index (χ1) is 14.0. The Morgan fingerprint density at radius 2 is 1.72 bits per heavy atom. The van der Waals surface area contributed by atoms with Gasteiger partial charge in [-0.3, -0.25) is 9.59 Å². The normalized spacial score (nSPS) is 10.3. The van der Waals surface area contributed by atoms with Crippen molar-refractivity contribution < 1.29 is 23.6 Å². The Labute approximate surface area is 167 Å². The first-order valence-corrected chi connectivity index (χ1v) is 8.71. The maximum atomic E-state index is 12.4. The number of aromatic nitrogens is 2. The summed E-state index contributed by atoms with van der Waals surface area (Å²) in [6.45, 7) is 1.97. The van der Waals surface area contributed by atoms with Crippen molar-refractivity contribution in [2.75, 3.05) is 19.5 Å². The Bertz CT molecular complexity index is 1030. The predicted octanol–water partition coefficient (Wildman–Crippen LogP) is 2.58. The number of amides is 2. The van der Waals surface area contributed by atoms with Gasteiger partial charge in [-0.25, -0.2) is 4.98 Å². The third kappa shape index (κ3) is 4.89. The zero-order valence-corrected chi connectivity index (χ0v) is 16.2. The molecule has 2 aromatic heterocycles. The highest BCUT2D eigenvalue weighted by Gasteiger charge is 2.14. The molecule has 3 aromatic rings. The van der Waals surface area contributed by atoms with Gasteiger partial charge in [-0.15, -0.1) is 0 Å². The van der Waals surface area contributed by atoms with Gasteiger partial charge < -0.3 is 24.6 Å². The van der Waals surface area contributed by atoms with E-state index in [0.717, 1.165) is 5.56 Å². The number of ether oxygens (including phenoxy) is 2. The summed E-state index contributed by atoms with van der Waals surface area (Å²) < 4.78 is 15.4. The first kappa shape index (κ1) is 19.9. The van der Waals surface area contributed by atoms with E-state index in [0.29, 0.717) is 17.3 Å². The molecule has 0 fully saturated rings. The second-order valence-corrected chi connectivity index (χ2v) is 6.06. The Morgan fingerprint density at radius 1 is 1.00 bits per heavy atom. The van der Waals surface area contributed by atoms with Crippen LogP contribution in [0.15, 0.2) is 47.0 Å². The summed E-state index contributed by atoms with van der Waals surface area (Å²) in [7, 11) is 3.10. The quantitative estimate of drug-likeness (QED) is 0.630. The van der Waals surface area contributed by atoms with Gasteiger partial charge in [0.15, 0.2) is 17.3 Å². The highest BCUT2D eigenvalue weighted by molar-refractivity contribution is 6.03. The predicted molar refractivity (Wildman–Crippen MR) is 104 cm³/mol. The maximum absolute atomic E-state index is 12.4. The molecule has 0 saturated carbocycles. The van der Waals surface area contributed by atoms with Crippen molar-refractivity contribution >= 4 is 17.6 Å². The van der Waals surface area contributed by atoms with Crippen LogP contribution < -0.4 is 20.1 Å². The molecule has 29 heavy (non-hydrogen) atoms. The number of nitrogens with zero attached hydrogens (tertiary/aromatic N) is 2. The van der Waals surface area contributed by atoms with Crippen molar-refractivity contribution in [3.63, 3.8) is 0 Å². The zero-order chi connectivity index (χ0) is 20.8. The molecule has 2 N–H and O–H groups in total. The summed E-state index contributed by atoms with van der Waals surface area (Å²) in [5.74, 6) is 1.11. The van der Waals surface area contributed by atoms with E-state index in [1.54, 1.807) is 45.4 Å². The monoisotopic (exact) mass is 396 g/mol. The molecule has 2 amide bonds. The topological polar surface area (TPSA) is 116 Å². The molecule has 0 saturated heterocycles. The van der Waals surface area contributed by atoms with Crippen LogP contribution >= 0.6 is 0 Å². The van der Waals surface area contributed by atoms with Crippen molar-refractivity contribution in [2.45, 2.75) is 13.5 Å². The van der Waals surface area contributed by atoms with Crippen LogP contribution in [0.4, 0.5) is 5.82 Å². The van der Waals surface area contributed by atoms with Gasteiger partial charge in [-0.2, -0.15) is 0 Å². The maximum Gasteiger partial charge on any atom is 0.275 e. The Hall–Kier alpha value is -3.88. The minimum Gasteiger partial charge on any atom is -0.493 e. The lowest BCUT2D eigenvalue weighted by Gasteiger charge is -2.10. The smallest absolute Gasteiger partial charge is 0.275 e. The molecular formula is C20H20N4O5. The zero-order valence-electron chi connectivity index (χ0n) is 16.2. The summed E-state index contributed by atoms with van der Waals surface area (Å²) in [5.41, 5.74) is 1.03. The van der Waals surface area contributed by atoms with E-state index in [1.165, 1.54) is 12.1 Å². The van der Waals surface area contributed by atoms with Crippen molar-refractivity contribution in [3.05, 3.63) is 65.2 Å².